The molecular weight excluding hydrogens is 300 g/mol. The smallest absolute Gasteiger partial charge is 0.319 e. The molecule has 5 nitrogen and oxygen atoms in total. The lowest BCUT2D eigenvalue weighted by Crippen LogP contribution is -2.37. The van der Waals surface area contributed by atoms with Crippen LogP contribution in [0.5, 0.6) is 0 Å². The number of amides is 2. The molecule has 2 aromatic rings. The minimum absolute atomic E-state index is 0.0816. The molecule has 3 rings (SSSR count). The van der Waals surface area contributed by atoms with Gasteiger partial charge in [-0.1, -0.05) is 11.6 Å². The third-order valence-electron chi connectivity index (χ3n) is 4.46. The van der Waals surface area contributed by atoms with Gasteiger partial charge in [0, 0.05) is 29.8 Å². The maximum atomic E-state index is 12.2. The summed E-state index contributed by atoms with van der Waals surface area (Å²) in [6.07, 6.45) is 10.6. The van der Waals surface area contributed by atoms with Crippen molar-refractivity contribution < 1.29 is 4.79 Å². The van der Waals surface area contributed by atoms with Crippen LogP contribution < -0.4 is 10.6 Å². The van der Waals surface area contributed by atoms with Crippen LogP contribution >= 0.6 is 0 Å². The molecule has 1 aromatic carbocycles. The summed E-state index contributed by atoms with van der Waals surface area (Å²) in [5.74, 6) is 0.933. The Morgan fingerprint density at radius 3 is 2.67 bits per heavy atom. The van der Waals surface area contributed by atoms with Crippen molar-refractivity contribution in [3.8, 4) is 5.69 Å². The van der Waals surface area contributed by atoms with Gasteiger partial charge in [0.2, 0.25) is 0 Å². The van der Waals surface area contributed by atoms with Crippen molar-refractivity contribution in [1.29, 1.82) is 0 Å². The highest BCUT2D eigenvalue weighted by Gasteiger charge is 2.14. The summed E-state index contributed by atoms with van der Waals surface area (Å²) in [5, 5.41) is 5.91. The number of hydrogen-bond acceptors (Lipinski definition) is 2. The Morgan fingerprint density at radius 1 is 1.25 bits per heavy atom. The van der Waals surface area contributed by atoms with Gasteiger partial charge in [-0.3, -0.25) is 0 Å². The summed E-state index contributed by atoms with van der Waals surface area (Å²) in [4.78, 5) is 16.4. The molecule has 0 aliphatic heterocycles. The van der Waals surface area contributed by atoms with E-state index in [0.29, 0.717) is 0 Å². The number of nitrogens with zero attached hydrogens (tertiary/aromatic N) is 2. The van der Waals surface area contributed by atoms with Gasteiger partial charge in [-0.05, 0) is 63.8 Å². The van der Waals surface area contributed by atoms with Gasteiger partial charge in [0.1, 0.15) is 5.82 Å². The van der Waals surface area contributed by atoms with Gasteiger partial charge >= 0.3 is 6.03 Å². The molecule has 1 unspecified atom stereocenters. The van der Waals surface area contributed by atoms with E-state index in [-0.39, 0.29) is 12.1 Å². The highest BCUT2D eigenvalue weighted by atomic mass is 16.2. The molecule has 1 aromatic heterocycles. The standard InChI is InChI=1S/C19H24N4O/c1-14(16-6-4-3-5-7-16)21-19(24)22-17-8-10-18(11-9-17)23-13-12-20-15(23)2/h6,8-14H,3-5,7H2,1-2H3,(H2,21,22,24). The second-order valence-corrected chi connectivity index (χ2v) is 6.24. The zero-order valence-corrected chi connectivity index (χ0v) is 14.2. The predicted octanol–water partition coefficient (Wildman–Crippen LogP) is 4.19. The maximum Gasteiger partial charge on any atom is 0.319 e. The molecule has 1 aliphatic carbocycles. The molecular formula is C19H24N4O. The van der Waals surface area contributed by atoms with Crippen molar-refractivity contribution in [2.75, 3.05) is 5.32 Å². The Morgan fingerprint density at radius 2 is 2.04 bits per heavy atom. The second kappa shape index (κ2) is 7.34. The van der Waals surface area contributed by atoms with Crippen molar-refractivity contribution in [3.05, 3.63) is 54.1 Å². The number of carbonyl (C=O) groups is 1. The van der Waals surface area contributed by atoms with E-state index >= 15 is 0 Å². The van der Waals surface area contributed by atoms with Crippen molar-refractivity contribution in [2.24, 2.45) is 0 Å². The highest BCUT2D eigenvalue weighted by Crippen LogP contribution is 2.20. The first-order chi connectivity index (χ1) is 11.6. The molecule has 0 saturated carbocycles. The second-order valence-electron chi connectivity index (χ2n) is 6.24. The van der Waals surface area contributed by atoms with Crippen LogP contribution in [-0.4, -0.2) is 21.6 Å². The van der Waals surface area contributed by atoms with Crippen LogP contribution in [0.1, 0.15) is 38.4 Å². The number of nitrogens with one attached hydrogen (secondary N) is 2. The number of imidazole rings is 1. The maximum absolute atomic E-state index is 12.2. The van der Waals surface area contributed by atoms with E-state index in [0.717, 1.165) is 30.0 Å². The highest BCUT2D eigenvalue weighted by molar-refractivity contribution is 5.89. The van der Waals surface area contributed by atoms with E-state index in [1.54, 1.807) is 6.20 Å². The molecule has 2 N–H and O–H groups in total. The average Bonchev–Trinajstić information content (AvgIpc) is 3.02. The van der Waals surface area contributed by atoms with Crippen LogP contribution in [0, 0.1) is 6.92 Å². The van der Waals surface area contributed by atoms with E-state index in [1.165, 1.54) is 18.4 Å². The van der Waals surface area contributed by atoms with E-state index in [9.17, 15) is 4.79 Å². The SMILES string of the molecule is Cc1nccn1-c1ccc(NC(=O)NC(C)C2=CCCCC2)cc1. The first kappa shape index (κ1) is 16.3. The Labute approximate surface area is 142 Å². The monoisotopic (exact) mass is 324 g/mol. The molecule has 1 aliphatic rings. The molecule has 0 fully saturated rings. The van der Waals surface area contributed by atoms with E-state index < -0.39 is 0 Å². The number of hydrogen-bond donors (Lipinski definition) is 2. The molecule has 0 saturated heterocycles. The number of carbonyl (C=O) groups excluding carboxylic acids is 1. The fourth-order valence-electron chi connectivity index (χ4n) is 3.07. The minimum atomic E-state index is -0.166. The van der Waals surface area contributed by atoms with Crippen molar-refractivity contribution in [2.45, 2.75) is 45.6 Å². The van der Waals surface area contributed by atoms with E-state index in [4.69, 9.17) is 0 Å². The molecule has 24 heavy (non-hydrogen) atoms. The quantitative estimate of drug-likeness (QED) is 0.828. The molecule has 0 spiro atoms. The summed E-state index contributed by atoms with van der Waals surface area (Å²) >= 11 is 0. The average molecular weight is 324 g/mol. The number of aromatic nitrogens is 2. The lowest BCUT2D eigenvalue weighted by atomic mass is 9.95. The van der Waals surface area contributed by atoms with Crippen molar-refractivity contribution >= 4 is 11.7 Å². The number of benzene rings is 1. The summed E-state index contributed by atoms with van der Waals surface area (Å²) in [6.45, 7) is 4.00. The van der Waals surface area contributed by atoms with Crippen LogP contribution in [0.2, 0.25) is 0 Å². The van der Waals surface area contributed by atoms with Gasteiger partial charge in [-0.15, -0.1) is 0 Å². The molecule has 1 heterocycles. The minimum Gasteiger partial charge on any atom is -0.332 e. The predicted molar refractivity (Wildman–Crippen MR) is 96.5 cm³/mol. The first-order valence-electron chi connectivity index (χ1n) is 8.50. The third kappa shape index (κ3) is 3.85. The lowest BCUT2D eigenvalue weighted by molar-refractivity contribution is 0.250. The summed E-state index contributed by atoms with van der Waals surface area (Å²) in [6, 6.07) is 7.66. The first-order valence-corrected chi connectivity index (χ1v) is 8.50. The molecule has 2 amide bonds. The van der Waals surface area contributed by atoms with Gasteiger partial charge < -0.3 is 15.2 Å². The largest absolute Gasteiger partial charge is 0.332 e. The molecule has 1 atom stereocenters. The topological polar surface area (TPSA) is 59.0 Å². The van der Waals surface area contributed by atoms with E-state index in [2.05, 4.69) is 21.7 Å². The Bertz CT molecular complexity index is 730. The summed E-state index contributed by atoms with van der Waals surface area (Å²) < 4.78 is 2.00. The van der Waals surface area contributed by atoms with Crippen LogP contribution in [0.4, 0.5) is 10.5 Å². The molecule has 0 radical (unpaired) electrons. The number of allylic oxidation sites excluding steroid dienone is 1. The van der Waals surface area contributed by atoms with E-state index in [1.807, 2.05) is 48.9 Å². The summed E-state index contributed by atoms with van der Waals surface area (Å²) in [5.41, 5.74) is 3.14. The van der Waals surface area contributed by atoms with Crippen LogP contribution in [0.25, 0.3) is 5.69 Å². The number of rotatable bonds is 4. The van der Waals surface area contributed by atoms with Crippen molar-refractivity contribution in [1.82, 2.24) is 14.9 Å². The summed E-state index contributed by atoms with van der Waals surface area (Å²) in [7, 11) is 0. The molecule has 5 heteroatoms. The van der Waals surface area contributed by atoms with Crippen LogP contribution in [0.15, 0.2) is 48.3 Å². The third-order valence-corrected chi connectivity index (χ3v) is 4.46. The van der Waals surface area contributed by atoms with Gasteiger partial charge in [0.25, 0.3) is 0 Å². The van der Waals surface area contributed by atoms with Crippen molar-refractivity contribution in [3.63, 3.8) is 0 Å². The fourth-order valence-corrected chi connectivity index (χ4v) is 3.07. The Balaban J connectivity index is 1.58. The van der Waals surface area contributed by atoms with Crippen LogP contribution in [-0.2, 0) is 0 Å². The number of aryl methyl sites for hydroxylation is 1. The zero-order chi connectivity index (χ0) is 16.9. The number of anilines is 1. The van der Waals surface area contributed by atoms with Gasteiger partial charge in [0.05, 0.1) is 0 Å². The lowest BCUT2D eigenvalue weighted by Gasteiger charge is -2.21. The Hall–Kier alpha value is -2.56. The van der Waals surface area contributed by atoms with Gasteiger partial charge in [-0.2, -0.15) is 0 Å². The Kier molecular flexibility index (Phi) is 4.99. The fraction of sp³-hybridized carbons (Fsp3) is 0.368. The number of urea groups is 1. The molecule has 126 valence electrons. The van der Waals surface area contributed by atoms with Gasteiger partial charge in [-0.25, -0.2) is 9.78 Å². The van der Waals surface area contributed by atoms with Gasteiger partial charge in [0.15, 0.2) is 0 Å². The molecule has 0 bridgehead atoms. The normalized spacial score (nSPS) is 15.5. The zero-order valence-electron chi connectivity index (χ0n) is 14.2. The van der Waals surface area contributed by atoms with Crippen LogP contribution in [0.3, 0.4) is 0 Å².